The number of hydrogen-bond acceptors (Lipinski definition) is 0. The summed E-state index contributed by atoms with van der Waals surface area (Å²) in [5.41, 5.74) is 2.79. The molecule has 2 rings (SSSR count). The minimum atomic E-state index is 0.662. The smallest absolute Gasteiger partial charge is 0.0179 e. The summed E-state index contributed by atoms with van der Waals surface area (Å²) in [4.78, 5) is 0. The van der Waals surface area contributed by atoms with E-state index in [2.05, 4.69) is 57.2 Å². The Labute approximate surface area is 91.9 Å². The van der Waals surface area contributed by atoms with Gasteiger partial charge in [0.15, 0.2) is 0 Å². The monoisotopic (exact) mass is 198 g/mol. The van der Waals surface area contributed by atoms with E-state index in [0.717, 1.165) is 0 Å². The second kappa shape index (κ2) is 4.06. The second-order valence-corrected chi connectivity index (χ2v) is 4.42. The van der Waals surface area contributed by atoms with E-state index in [9.17, 15) is 0 Å². The predicted molar refractivity (Wildman–Crippen MR) is 67.4 cm³/mol. The molecule has 0 N–H and O–H groups in total. The molecule has 15 heavy (non-hydrogen) atoms. The maximum atomic E-state index is 2.33. The summed E-state index contributed by atoms with van der Waals surface area (Å²) in [6.07, 6.45) is 1.21. The molecule has 0 saturated heterocycles. The van der Waals surface area contributed by atoms with E-state index in [1.54, 1.807) is 0 Å². The van der Waals surface area contributed by atoms with Crippen molar-refractivity contribution in [2.75, 3.05) is 0 Å². The first-order valence-corrected chi connectivity index (χ1v) is 5.71. The van der Waals surface area contributed by atoms with Gasteiger partial charge in [0.1, 0.15) is 0 Å². The number of hydrogen-bond donors (Lipinski definition) is 0. The molecule has 0 heterocycles. The molecular weight excluding hydrogens is 180 g/mol. The summed E-state index contributed by atoms with van der Waals surface area (Å²) >= 11 is 0. The largest absolute Gasteiger partial charge is 0.0648 e. The molecular formula is C15H18. The molecule has 0 spiro atoms. The normalized spacial score (nSPS) is 13.0. The highest BCUT2D eigenvalue weighted by molar-refractivity contribution is 5.83. The number of aryl methyl sites for hydroxylation is 1. The zero-order valence-corrected chi connectivity index (χ0v) is 9.75. The van der Waals surface area contributed by atoms with Gasteiger partial charge < -0.3 is 0 Å². The summed E-state index contributed by atoms with van der Waals surface area (Å²) in [7, 11) is 0. The molecule has 2 aromatic carbocycles. The molecule has 0 bridgehead atoms. The topological polar surface area (TPSA) is 0 Å². The molecule has 0 saturated carbocycles. The fourth-order valence-electron chi connectivity index (χ4n) is 1.93. The third-order valence-electron chi connectivity index (χ3n) is 3.20. The third kappa shape index (κ3) is 2.04. The molecule has 0 unspecified atom stereocenters. The molecule has 0 aromatic heterocycles. The molecule has 0 nitrogen and oxygen atoms in total. The Hall–Kier alpha value is -1.30. The van der Waals surface area contributed by atoms with Gasteiger partial charge in [-0.05, 0) is 35.6 Å². The minimum absolute atomic E-state index is 0.662. The van der Waals surface area contributed by atoms with Crippen LogP contribution in [0.4, 0.5) is 0 Å². The van der Waals surface area contributed by atoms with Crippen LogP contribution in [0.25, 0.3) is 10.8 Å². The van der Waals surface area contributed by atoms with Gasteiger partial charge in [-0.25, -0.2) is 0 Å². The van der Waals surface area contributed by atoms with E-state index in [0.29, 0.717) is 5.92 Å². The molecule has 0 radical (unpaired) electrons. The molecule has 78 valence electrons. The molecule has 0 aliphatic carbocycles. The van der Waals surface area contributed by atoms with Crippen LogP contribution in [-0.4, -0.2) is 0 Å². The van der Waals surface area contributed by atoms with Crippen molar-refractivity contribution in [2.24, 2.45) is 0 Å². The molecule has 1 atom stereocenters. The van der Waals surface area contributed by atoms with Gasteiger partial charge in [0.05, 0.1) is 0 Å². The van der Waals surface area contributed by atoms with Crippen LogP contribution >= 0.6 is 0 Å². The Kier molecular flexibility index (Phi) is 2.77. The quantitative estimate of drug-likeness (QED) is 0.658. The lowest BCUT2D eigenvalue weighted by molar-refractivity contribution is 0.735. The average molecular weight is 198 g/mol. The third-order valence-corrected chi connectivity index (χ3v) is 3.20. The second-order valence-electron chi connectivity index (χ2n) is 4.42. The van der Waals surface area contributed by atoms with Gasteiger partial charge in [-0.1, -0.05) is 55.8 Å². The lowest BCUT2D eigenvalue weighted by Crippen LogP contribution is -1.90. The number of benzene rings is 2. The maximum absolute atomic E-state index is 2.33. The molecule has 0 heteroatoms. The van der Waals surface area contributed by atoms with E-state index >= 15 is 0 Å². The highest BCUT2D eigenvalue weighted by Gasteiger charge is 2.03. The van der Waals surface area contributed by atoms with E-state index in [-0.39, 0.29) is 0 Å². The average Bonchev–Trinajstić information content (AvgIpc) is 2.27. The molecule has 0 aliphatic heterocycles. The van der Waals surface area contributed by atoms with Crippen LogP contribution in [-0.2, 0) is 0 Å². The Morgan fingerprint density at radius 2 is 1.73 bits per heavy atom. The number of rotatable bonds is 2. The van der Waals surface area contributed by atoms with Crippen molar-refractivity contribution in [2.45, 2.75) is 33.1 Å². The Bertz CT molecular complexity index is 468. The summed E-state index contributed by atoms with van der Waals surface area (Å²) in [6, 6.07) is 13.5. The molecule has 0 aliphatic rings. The van der Waals surface area contributed by atoms with Gasteiger partial charge in [-0.15, -0.1) is 0 Å². The lowest BCUT2D eigenvalue weighted by Gasteiger charge is -2.10. The van der Waals surface area contributed by atoms with Gasteiger partial charge in [-0.2, -0.15) is 0 Å². The highest BCUT2D eigenvalue weighted by atomic mass is 14.1. The summed E-state index contributed by atoms with van der Waals surface area (Å²) in [5, 5.41) is 2.71. The summed E-state index contributed by atoms with van der Waals surface area (Å²) < 4.78 is 0. The lowest BCUT2D eigenvalue weighted by atomic mass is 9.95. The van der Waals surface area contributed by atoms with Crippen LogP contribution in [0.5, 0.6) is 0 Å². The van der Waals surface area contributed by atoms with Gasteiger partial charge in [0.2, 0.25) is 0 Å². The first kappa shape index (κ1) is 10.2. The van der Waals surface area contributed by atoms with E-state index < -0.39 is 0 Å². The summed E-state index contributed by atoms with van der Waals surface area (Å²) in [5.74, 6) is 0.662. The van der Waals surface area contributed by atoms with Crippen molar-refractivity contribution >= 4 is 10.8 Å². The van der Waals surface area contributed by atoms with Crippen LogP contribution in [0, 0.1) is 6.92 Å². The van der Waals surface area contributed by atoms with Crippen LogP contribution < -0.4 is 0 Å². The minimum Gasteiger partial charge on any atom is -0.0648 e. The van der Waals surface area contributed by atoms with Gasteiger partial charge in [0.25, 0.3) is 0 Å². The standard InChI is InChI=1S/C15H18/c1-4-12(3)14-8-7-13-6-5-11(2)9-15(13)10-14/h5-10,12H,4H2,1-3H3/t12-/m1/s1. The number of fused-ring (bicyclic) bond motifs is 1. The molecule has 0 fully saturated rings. The Morgan fingerprint density at radius 1 is 1.00 bits per heavy atom. The van der Waals surface area contributed by atoms with Gasteiger partial charge >= 0.3 is 0 Å². The fourth-order valence-corrected chi connectivity index (χ4v) is 1.93. The predicted octanol–water partition coefficient (Wildman–Crippen LogP) is 4.66. The zero-order valence-electron chi connectivity index (χ0n) is 9.75. The first-order valence-electron chi connectivity index (χ1n) is 5.71. The SMILES string of the molecule is CC[C@@H](C)c1ccc2ccc(C)cc2c1. The van der Waals surface area contributed by atoms with Crippen LogP contribution in [0.3, 0.4) is 0 Å². The molecule has 0 amide bonds. The Morgan fingerprint density at radius 3 is 2.47 bits per heavy atom. The molecule has 2 aromatic rings. The Balaban J connectivity index is 2.54. The highest BCUT2D eigenvalue weighted by Crippen LogP contribution is 2.24. The maximum Gasteiger partial charge on any atom is -0.0179 e. The van der Waals surface area contributed by atoms with Crippen molar-refractivity contribution in [3.63, 3.8) is 0 Å². The fraction of sp³-hybridized carbons (Fsp3) is 0.333. The summed E-state index contributed by atoms with van der Waals surface area (Å²) in [6.45, 7) is 6.68. The van der Waals surface area contributed by atoms with E-state index in [1.807, 2.05) is 0 Å². The van der Waals surface area contributed by atoms with Crippen molar-refractivity contribution in [3.8, 4) is 0 Å². The van der Waals surface area contributed by atoms with Crippen LogP contribution in [0.2, 0.25) is 0 Å². The van der Waals surface area contributed by atoms with Crippen LogP contribution in [0.15, 0.2) is 36.4 Å². The van der Waals surface area contributed by atoms with Crippen molar-refractivity contribution < 1.29 is 0 Å². The van der Waals surface area contributed by atoms with Gasteiger partial charge in [0, 0.05) is 0 Å². The van der Waals surface area contributed by atoms with E-state index in [1.165, 1.54) is 28.3 Å². The zero-order chi connectivity index (χ0) is 10.8. The van der Waals surface area contributed by atoms with Crippen LogP contribution in [0.1, 0.15) is 37.3 Å². The van der Waals surface area contributed by atoms with Gasteiger partial charge in [-0.3, -0.25) is 0 Å². The van der Waals surface area contributed by atoms with Crippen molar-refractivity contribution in [1.82, 2.24) is 0 Å². The van der Waals surface area contributed by atoms with Crippen molar-refractivity contribution in [3.05, 3.63) is 47.5 Å². The van der Waals surface area contributed by atoms with Crippen molar-refractivity contribution in [1.29, 1.82) is 0 Å². The first-order chi connectivity index (χ1) is 7.20. The van der Waals surface area contributed by atoms with E-state index in [4.69, 9.17) is 0 Å².